The monoisotopic (exact) mass is 230 g/mol. The molecule has 0 aliphatic heterocycles. The van der Waals surface area contributed by atoms with Gasteiger partial charge < -0.3 is 5.73 Å². The van der Waals surface area contributed by atoms with Gasteiger partial charge in [-0.2, -0.15) is 0 Å². The van der Waals surface area contributed by atoms with E-state index in [-0.39, 0.29) is 0 Å². The van der Waals surface area contributed by atoms with Crippen LogP contribution in [-0.4, -0.2) is 21.5 Å². The average Bonchev–Trinajstić information content (AvgIpc) is 2.75. The zero-order chi connectivity index (χ0) is 12.3. The minimum atomic E-state index is 0.679. The van der Waals surface area contributed by atoms with E-state index in [0.717, 1.165) is 18.7 Å². The minimum Gasteiger partial charge on any atom is -0.330 e. The van der Waals surface area contributed by atoms with Crippen molar-refractivity contribution in [2.75, 3.05) is 6.54 Å². The lowest BCUT2D eigenvalue weighted by Gasteiger charge is -2.05. The lowest BCUT2D eigenvalue weighted by Crippen LogP contribution is -2.06. The van der Waals surface area contributed by atoms with Crippen molar-refractivity contribution in [3.63, 3.8) is 0 Å². The average molecular weight is 230 g/mol. The van der Waals surface area contributed by atoms with Gasteiger partial charge in [-0.25, -0.2) is 0 Å². The molecular weight excluding hydrogens is 212 g/mol. The first kappa shape index (κ1) is 11.8. The first-order valence-corrected chi connectivity index (χ1v) is 5.89. The second-order valence-electron chi connectivity index (χ2n) is 4.28. The van der Waals surface area contributed by atoms with Crippen LogP contribution in [0, 0.1) is 13.8 Å². The number of aromatic nitrogens is 3. The molecule has 0 aliphatic carbocycles. The Morgan fingerprint density at radius 1 is 1.24 bits per heavy atom. The maximum Gasteiger partial charge on any atom is 0.113 e. The molecule has 4 nitrogen and oxygen atoms in total. The Hall–Kier alpha value is -1.68. The Balaban J connectivity index is 2.30. The summed E-state index contributed by atoms with van der Waals surface area (Å²) < 4.78 is 1.86. The van der Waals surface area contributed by atoms with E-state index < -0.39 is 0 Å². The van der Waals surface area contributed by atoms with Crippen molar-refractivity contribution in [1.29, 1.82) is 0 Å². The fraction of sp³-hybridized carbons (Fsp3) is 0.385. The third-order valence-corrected chi connectivity index (χ3v) is 2.87. The van der Waals surface area contributed by atoms with Crippen LogP contribution in [0.15, 0.2) is 24.4 Å². The summed E-state index contributed by atoms with van der Waals surface area (Å²) >= 11 is 0. The SMILES string of the molecule is Cc1cccc(C)c1-c1cn(CCCN)nn1. The molecule has 1 heterocycles. The van der Waals surface area contributed by atoms with Crippen molar-refractivity contribution in [2.24, 2.45) is 5.73 Å². The molecule has 0 atom stereocenters. The van der Waals surface area contributed by atoms with E-state index in [2.05, 4.69) is 42.4 Å². The van der Waals surface area contributed by atoms with Gasteiger partial charge in [-0.05, 0) is 37.9 Å². The van der Waals surface area contributed by atoms with Crippen molar-refractivity contribution < 1.29 is 0 Å². The molecule has 0 spiro atoms. The van der Waals surface area contributed by atoms with Crippen molar-refractivity contribution in [2.45, 2.75) is 26.8 Å². The first-order chi connectivity index (χ1) is 8.22. The smallest absolute Gasteiger partial charge is 0.113 e. The Labute approximate surface area is 101 Å². The normalized spacial score (nSPS) is 10.8. The molecule has 1 aromatic carbocycles. The minimum absolute atomic E-state index is 0.679. The maximum absolute atomic E-state index is 5.48. The third-order valence-electron chi connectivity index (χ3n) is 2.87. The van der Waals surface area contributed by atoms with Crippen LogP contribution in [0.25, 0.3) is 11.3 Å². The van der Waals surface area contributed by atoms with Crippen LogP contribution in [0.2, 0.25) is 0 Å². The fourth-order valence-corrected chi connectivity index (χ4v) is 1.99. The molecule has 0 bridgehead atoms. The van der Waals surface area contributed by atoms with E-state index in [1.807, 2.05) is 10.9 Å². The zero-order valence-corrected chi connectivity index (χ0v) is 10.3. The summed E-state index contributed by atoms with van der Waals surface area (Å²) in [4.78, 5) is 0. The quantitative estimate of drug-likeness (QED) is 0.873. The van der Waals surface area contributed by atoms with Gasteiger partial charge in [0.2, 0.25) is 0 Å². The lowest BCUT2D eigenvalue weighted by molar-refractivity contribution is 0.564. The summed E-state index contributed by atoms with van der Waals surface area (Å²) in [5.74, 6) is 0. The first-order valence-electron chi connectivity index (χ1n) is 5.89. The molecule has 0 amide bonds. The Morgan fingerprint density at radius 3 is 2.59 bits per heavy atom. The molecule has 0 fully saturated rings. The number of rotatable bonds is 4. The van der Waals surface area contributed by atoms with Crippen molar-refractivity contribution in [3.8, 4) is 11.3 Å². The van der Waals surface area contributed by atoms with E-state index >= 15 is 0 Å². The van der Waals surface area contributed by atoms with Crippen molar-refractivity contribution >= 4 is 0 Å². The molecular formula is C13H18N4. The molecule has 90 valence electrons. The van der Waals surface area contributed by atoms with Crippen LogP contribution in [0.4, 0.5) is 0 Å². The summed E-state index contributed by atoms with van der Waals surface area (Å²) in [5.41, 5.74) is 10.1. The van der Waals surface area contributed by atoms with Crippen LogP contribution in [0.5, 0.6) is 0 Å². The van der Waals surface area contributed by atoms with E-state index in [4.69, 9.17) is 5.73 Å². The van der Waals surface area contributed by atoms with Gasteiger partial charge in [-0.3, -0.25) is 4.68 Å². The Kier molecular flexibility index (Phi) is 3.54. The predicted octanol–water partition coefficient (Wildman–Crippen LogP) is 1.91. The van der Waals surface area contributed by atoms with E-state index in [1.54, 1.807) is 0 Å². The molecule has 0 radical (unpaired) electrons. The van der Waals surface area contributed by atoms with E-state index in [0.29, 0.717) is 6.54 Å². The van der Waals surface area contributed by atoms with Gasteiger partial charge in [0.1, 0.15) is 5.69 Å². The topological polar surface area (TPSA) is 56.7 Å². The van der Waals surface area contributed by atoms with E-state index in [9.17, 15) is 0 Å². The molecule has 0 aliphatic rings. The lowest BCUT2D eigenvalue weighted by atomic mass is 10.0. The summed E-state index contributed by atoms with van der Waals surface area (Å²) in [6.07, 6.45) is 2.92. The summed E-state index contributed by atoms with van der Waals surface area (Å²) in [5, 5.41) is 8.36. The highest BCUT2D eigenvalue weighted by Crippen LogP contribution is 2.24. The zero-order valence-electron chi connectivity index (χ0n) is 10.3. The van der Waals surface area contributed by atoms with Crippen LogP contribution >= 0.6 is 0 Å². The highest BCUT2D eigenvalue weighted by atomic mass is 15.4. The van der Waals surface area contributed by atoms with Gasteiger partial charge in [0, 0.05) is 12.1 Å². The number of benzene rings is 1. The van der Waals surface area contributed by atoms with Crippen molar-refractivity contribution in [3.05, 3.63) is 35.5 Å². The van der Waals surface area contributed by atoms with Gasteiger partial charge in [-0.15, -0.1) is 5.10 Å². The van der Waals surface area contributed by atoms with Crippen LogP contribution < -0.4 is 5.73 Å². The van der Waals surface area contributed by atoms with Crippen LogP contribution in [0.1, 0.15) is 17.5 Å². The van der Waals surface area contributed by atoms with Gasteiger partial charge in [0.25, 0.3) is 0 Å². The highest BCUT2D eigenvalue weighted by Gasteiger charge is 2.09. The van der Waals surface area contributed by atoms with Gasteiger partial charge >= 0.3 is 0 Å². The number of hydrogen-bond donors (Lipinski definition) is 1. The Morgan fingerprint density at radius 2 is 1.94 bits per heavy atom. The second-order valence-corrected chi connectivity index (χ2v) is 4.28. The van der Waals surface area contributed by atoms with Gasteiger partial charge in [0.05, 0.1) is 6.20 Å². The molecule has 2 N–H and O–H groups in total. The van der Waals surface area contributed by atoms with Crippen LogP contribution in [-0.2, 0) is 6.54 Å². The summed E-state index contributed by atoms with van der Waals surface area (Å²) in [6.45, 7) is 5.70. The number of nitrogens with zero attached hydrogens (tertiary/aromatic N) is 3. The number of hydrogen-bond acceptors (Lipinski definition) is 3. The van der Waals surface area contributed by atoms with Gasteiger partial charge in [-0.1, -0.05) is 23.4 Å². The second kappa shape index (κ2) is 5.10. The number of nitrogens with two attached hydrogens (primary N) is 1. The standard InChI is InChI=1S/C13H18N4/c1-10-5-3-6-11(2)13(10)12-9-17(16-15-12)8-4-7-14/h3,5-6,9H,4,7-8,14H2,1-2H3. The van der Waals surface area contributed by atoms with Gasteiger partial charge in [0.15, 0.2) is 0 Å². The fourth-order valence-electron chi connectivity index (χ4n) is 1.99. The third kappa shape index (κ3) is 2.53. The molecule has 2 aromatic rings. The molecule has 17 heavy (non-hydrogen) atoms. The Bertz CT molecular complexity index is 482. The number of aryl methyl sites for hydroxylation is 3. The molecule has 1 aromatic heterocycles. The summed E-state index contributed by atoms with van der Waals surface area (Å²) in [6, 6.07) is 6.26. The maximum atomic E-state index is 5.48. The van der Waals surface area contributed by atoms with Crippen molar-refractivity contribution in [1.82, 2.24) is 15.0 Å². The van der Waals surface area contributed by atoms with Crippen LogP contribution in [0.3, 0.4) is 0 Å². The molecule has 4 heteroatoms. The molecule has 0 unspecified atom stereocenters. The predicted molar refractivity (Wildman–Crippen MR) is 68.6 cm³/mol. The highest BCUT2D eigenvalue weighted by molar-refractivity contribution is 5.66. The summed E-state index contributed by atoms with van der Waals surface area (Å²) in [7, 11) is 0. The molecule has 0 saturated carbocycles. The molecule has 2 rings (SSSR count). The largest absolute Gasteiger partial charge is 0.330 e. The van der Waals surface area contributed by atoms with E-state index in [1.165, 1.54) is 16.7 Å². The molecule has 0 saturated heterocycles.